The number of epoxide rings is 1. The Kier molecular flexibility index (Phi) is 3.11. The van der Waals surface area contributed by atoms with Crippen LogP contribution in [0.25, 0.3) is 0 Å². The van der Waals surface area contributed by atoms with Crippen LogP contribution in [0.4, 0.5) is 0 Å². The van der Waals surface area contributed by atoms with Gasteiger partial charge in [0.25, 0.3) is 0 Å². The van der Waals surface area contributed by atoms with Crippen molar-refractivity contribution in [2.45, 2.75) is 37.9 Å². The first-order valence-corrected chi connectivity index (χ1v) is 5.94. The van der Waals surface area contributed by atoms with E-state index in [-0.39, 0.29) is 24.4 Å². The summed E-state index contributed by atoms with van der Waals surface area (Å²) in [4.78, 5) is 10.4. The molecule has 2 heterocycles. The molecule has 2 fully saturated rings. The van der Waals surface area contributed by atoms with E-state index in [9.17, 15) is 0 Å². The monoisotopic (exact) mass is 236 g/mol. The van der Waals surface area contributed by atoms with E-state index in [2.05, 4.69) is 0 Å². The van der Waals surface area contributed by atoms with E-state index < -0.39 is 0 Å². The molecule has 0 amide bonds. The standard InChI is InChI=1S/C13H16O4/c1-9-12-13(15-12)11(17-16-9)8-14-7-10-5-3-2-4-6-10/h2-6,9,11-13H,7-8H2,1H3/t9-,11+,12+,13-/m1/s1. The zero-order chi connectivity index (χ0) is 11.7. The largest absolute Gasteiger partial charge is 0.374 e. The van der Waals surface area contributed by atoms with Crippen LogP contribution in [0.1, 0.15) is 12.5 Å². The molecule has 0 bridgehead atoms. The molecule has 0 aliphatic carbocycles. The lowest BCUT2D eigenvalue weighted by Gasteiger charge is -2.21. The Labute approximate surface area is 100 Å². The van der Waals surface area contributed by atoms with Gasteiger partial charge in [0.15, 0.2) is 0 Å². The normalized spacial score (nSPS) is 35.4. The molecule has 0 unspecified atom stereocenters. The summed E-state index contributed by atoms with van der Waals surface area (Å²) in [5, 5.41) is 0. The summed E-state index contributed by atoms with van der Waals surface area (Å²) in [5.41, 5.74) is 1.16. The van der Waals surface area contributed by atoms with Crippen molar-refractivity contribution in [2.75, 3.05) is 6.61 Å². The lowest BCUT2D eigenvalue weighted by molar-refractivity contribution is -0.366. The number of benzene rings is 1. The van der Waals surface area contributed by atoms with Crippen LogP contribution in [0.15, 0.2) is 30.3 Å². The van der Waals surface area contributed by atoms with E-state index in [0.717, 1.165) is 5.56 Å². The summed E-state index contributed by atoms with van der Waals surface area (Å²) in [6.45, 7) is 3.04. The molecule has 0 radical (unpaired) electrons. The highest BCUT2D eigenvalue weighted by Crippen LogP contribution is 2.36. The third kappa shape index (κ3) is 2.50. The predicted molar refractivity (Wildman–Crippen MR) is 60.2 cm³/mol. The van der Waals surface area contributed by atoms with E-state index in [1.807, 2.05) is 37.3 Å². The lowest BCUT2D eigenvalue weighted by atomic mass is 10.1. The van der Waals surface area contributed by atoms with Crippen molar-refractivity contribution in [3.63, 3.8) is 0 Å². The molecule has 1 aromatic rings. The smallest absolute Gasteiger partial charge is 0.145 e. The van der Waals surface area contributed by atoms with Gasteiger partial charge in [-0.05, 0) is 12.5 Å². The second-order valence-corrected chi connectivity index (χ2v) is 4.50. The molecule has 4 heteroatoms. The average molecular weight is 236 g/mol. The van der Waals surface area contributed by atoms with Gasteiger partial charge >= 0.3 is 0 Å². The van der Waals surface area contributed by atoms with Gasteiger partial charge in [-0.15, -0.1) is 0 Å². The SMILES string of the molecule is C[C@H]1OO[C@@H](COCc2ccccc2)[C@H]2O[C@H]21. The van der Waals surface area contributed by atoms with E-state index in [0.29, 0.717) is 13.2 Å². The Balaban J connectivity index is 1.44. The second-order valence-electron chi connectivity index (χ2n) is 4.50. The van der Waals surface area contributed by atoms with Gasteiger partial charge in [-0.1, -0.05) is 30.3 Å². The molecule has 17 heavy (non-hydrogen) atoms. The number of ether oxygens (including phenoxy) is 2. The van der Waals surface area contributed by atoms with Crippen molar-refractivity contribution in [1.82, 2.24) is 0 Å². The number of fused-ring (bicyclic) bond motifs is 1. The quantitative estimate of drug-likeness (QED) is 0.589. The Bertz CT molecular complexity index is 367. The Morgan fingerprint density at radius 3 is 2.76 bits per heavy atom. The van der Waals surface area contributed by atoms with Gasteiger partial charge in [-0.3, -0.25) is 0 Å². The maximum absolute atomic E-state index is 5.61. The third-order valence-electron chi connectivity index (χ3n) is 3.12. The van der Waals surface area contributed by atoms with Crippen LogP contribution in [0.5, 0.6) is 0 Å². The van der Waals surface area contributed by atoms with Crippen molar-refractivity contribution in [3.05, 3.63) is 35.9 Å². The molecule has 0 saturated carbocycles. The fourth-order valence-corrected chi connectivity index (χ4v) is 2.07. The van der Waals surface area contributed by atoms with Crippen LogP contribution >= 0.6 is 0 Å². The highest BCUT2D eigenvalue weighted by molar-refractivity contribution is 5.13. The number of hydrogen-bond donors (Lipinski definition) is 0. The highest BCUT2D eigenvalue weighted by atomic mass is 17.2. The van der Waals surface area contributed by atoms with E-state index in [1.54, 1.807) is 0 Å². The van der Waals surface area contributed by atoms with Crippen LogP contribution in [0, 0.1) is 0 Å². The summed E-state index contributed by atoms with van der Waals surface area (Å²) in [6, 6.07) is 10.1. The minimum absolute atomic E-state index is 0.0328. The average Bonchev–Trinajstić information content (AvgIpc) is 3.15. The number of rotatable bonds is 4. The van der Waals surface area contributed by atoms with Crippen molar-refractivity contribution in [3.8, 4) is 0 Å². The van der Waals surface area contributed by atoms with Crippen LogP contribution in [-0.4, -0.2) is 31.0 Å². The molecule has 92 valence electrons. The van der Waals surface area contributed by atoms with E-state index in [1.165, 1.54) is 0 Å². The topological polar surface area (TPSA) is 40.2 Å². The van der Waals surface area contributed by atoms with Gasteiger partial charge in [-0.25, -0.2) is 9.78 Å². The van der Waals surface area contributed by atoms with Crippen molar-refractivity contribution in [2.24, 2.45) is 0 Å². The van der Waals surface area contributed by atoms with Crippen molar-refractivity contribution >= 4 is 0 Å². The lowest BCUT2D eigenvalue weighted by Crippen LogP contribution is -2.36. The molecule has 0 N–H and O–H groups in total. The molecule has 2 saturated heterocycles. The van der Waals surface area contributed by atoms with Crippen LogP contribution in [0.2, 0.25) is 0 Å². The maximum atomic E-state index is 5.61. The molecule has 0 spiro atoms. The molecule has 2 aliphatic heterocycles. The van der Waals surface area contributed by atoms with Crippen LogP contribution in [0.3, 0.4) is 0 Å². The zero-order valence-corrected chi connectivity index (χ0v) is 9.74. The molecular weight excluding hydrogens is 220 g/mol. The van der Waals surface area contributed by atoms with Crippen molar-refractivity contribution in [1.29, 1.82) is 0 Å². The first kappa shape index (κ1) is 11.2. The van der Waals surface area contributed by atoms with Crippen LogP contribution < -0.4 is 0 Å². The first-order valence-electron chi connectivity index (χ1n) is 5.94. The second kappa shape index (κ2) is 4.74. The van der Waals surface area contributed by atoms with Gasteiger partial charge in [0, 0.05) is 0 Å². The molecule has 0 aromatic heterocycles. The van der Waals surface area contributed by atoms with E-state index >= 15 is 0 Å². The van der Waals surface area contributed by atoms with E-state index in [4.69, 9.17) is 19.2 Å². The van der Waals surface area contributed by atoms with Crippen molar-refractivity contribution < 1.29 is 19.2 Å². The Hall–Kier alpha value is -0.940. The van der Waals surface area contributed by atoms with Gasteiger partial charge < -0.3 is 9.47 Å². The zero-order valence-electron chi connectivity index (χ0n) is 9.74. The summed E-state index contributed by atoms with van der Waals surface area (Å²) in [7, 11) is 0. The summed E-state index contributed by atoms with van der Waals surface area (Å²) < 4.78 is 11.1. The third-order valence-corrected chi connectivity index (χ3v) is 3.12. The number of hydrogen-bond acceptors (Lipinski definition) is 4. The summed E-state index contributed by atoms with van der Waals surface area (Å²) in [5.74, 6) is 0. The van der Waals surface area contributed by atoms with Gasteiger partial charge in [0.05, 0.1) is 13.2 Å². The van der Waals surface area contributed by atoms with Crippen LogP contribution in [-0.2, 0) is 25.9 Å². The maximum Gasteiger partial charge on any atom is 0.145 e. The molecule has 4 nitrogen and oxygen atoms in total. The summed E-state index contributed by atoms with van der Waals surface area (Å²) in [6.07, 6.45) is 0.272. The Morgan fingerprint density at radius 2 is 1.94 bits per heavy atom. The first-order chi connectivity index (χ1) is 8.34. The molecule has 1 aromatic carbocycles. The highest BCUT2D eigenvalue weighted by Gasteiger charge is 2.54. The molecule has 3 rings (SSSR count). The van der Waals surface area contributed by atoms with Gasteiger partial charge in [0.2, 0.25) is 0 Å². The minimum Gasteiger partial charge on any atom is -0.374 e. The molecular formula is C13H16O4. The van der Waals surface area contributed by atoms with Gasteiger partial charge in [0.1, 0.15) is 24.4 Å². The molecule has 2 aliphatic rings. The minimum atomic E-state index is -0.0973. The summed E-state index contributed by atoms with van der Waals surface area (Å²) >= 11 is 0. The van der Waals surface area contributed by atoms with Gasteiger partial charge in [-0.2, -0.15) is 0 Å². The fraction of sp³-hybridized carbons (Fsp3) is 0.538. The molecule has 4 atom stereocenters. The Morgan fingerprint density at radius 1 is 1.12 bits per heavy atom. The fourth-order valence-electron chi connectivity index (χ4n) is 2.07. The predicted octanol–water partition coefficient (Wildman–Crippen LogP) is 1.69.